The molecule has 2 aliphatic rings. The predicted octanol–water partition coefficient (Wildman–Crippen LogP) is 1.02. The van der Waals surface area contributed by atoms with Crippen LogP contribution in [0.15, 0.2) is 15.8 Å². The van der Waals surface area contributed by atoms with Crippen molar-refractivity contribution in [2.75, 3.05) is 0 Å². The Morgan fingerprint density at radius 1 is 1.33 bits per heavy atom. The molecular formula is C13H17ClN2O5. The van der Waals surface area contributed by atoms with Crippen LogP contribution in [0.25, 0.3) is 0 Å². The van der Waals surface area contributed by atoms with E-state index in [0.717, 1.165) is 6.42 Å². The Morgan fingerprint density at radius 2 is 2.00 bits per heavy atom. The van der Waals surface area contributed by atoms with Gasteiger partial charge in [-0.3, -0.25) is 14.3 Å². The van der Waals surface area contributed by atoms with Gasteiger partial charge in [-0.15, -0.1) is 0 Å². The van der Waals surface area contributed by atoms with E-state index >= 15 is 0 Å². The standard InChI is InChI=1S/C13H17ClN2O5/c1-4-7-8-9(21-13(2,3)20-8)11(19-7)16-5-6(14)10(17)15-12(16)18/h5,7-9,11H,4H2,1-3H3,(H,15,17,18)/t7-,8-,9-,11-/m1/s1. The van der Waals surface area contributed by atoms with Crippen molar-refractivity contribution in [3.8, 4) is 0 Å². The molecule has 0 unspecified atom stereocenters. The molecule has 1 aromatic rings. The first kappa shape index (κ1) is 14.8. The van der Waals surface area contributed by atoms with E-state index < -0.39 is 29.4 Å². The molecule has 1 aromatic heterocycles. The number of nitrogens with one attached hydrogen (secondary N) is 1. The van der Waals surface area contributed by atoms with Crippen molar-refractivity contribution in [2.24, 2.45) is 0 Å². The summed E-state index contributed by atoms with van der Waals surface area (Å²) in [5.74, 6) is -0.736. The van der Waals surface area contributed by atoms with E-state index in [-0.39, 0.29) is 17.2 Å². The second kappa shape index (κ2) is 4.95. The van der Waals surface area contributed by atoms with Gasteiger partial charge in [0.1, 0.15) is 17.2 Å². The minimum absolute atomic E-state index is 0.0760. The van der Waals surface area contributed by atoms with Crippen LogP contribution in [0.4, 0.5) is 0 Å². The Labute approximate surface area is 125 Å². The van der Waals surface area contributed by atoms with Crippen molar-refractivity contribution in [2.45, 2.75) is 57.5 Å². The summed E-state index contributed by atoms with van der Waals surface area (Å²) in [5.41, 5.74) is -1.21. The molecular weight excluding hydrogens is 300 g/mol. The summed E-state index contributed by atoms with van der Waals surface area (Å²) in [6, 6.07) is 0. The third-order valence-corrected chi connectivity index (χ3v) is 4.00. The summed E-state index contributed by atoms with van der Waals surface area (Å²) in [6.07, 6.45) is 0.459. The zero-order valence-electron chi connectivity index (χ0n) is 12.0. The van der Waals surface area contributed by atoms with Crippen molar-refractivity contribution in [3.05, 3.63) is 32.1 Å². The van der Waals surface area contributed by atoms with E-state index in [4.69, 9.17) is 25.8 Å². The van der Waals surface area contributed by atoms with Gasteiger partial charge in [-0.2, -0.15) is 0 Å². The molecule has 8 heteroatoms. The maximum Gasteiger partial charge on any atom is 0.330 e. The molecule has 0 spiro atoms. The van der Waals surface area contributed by atoms with Gasteiger partial charge < -0.3 is 14.2 Å². The number of hydrogen-bond acceptors (Lipinski definition) is 5. The third-order valence-electron chi connectivity index (χ3n) is 3.73. The molecule has 0 radical (unpaired) electrons. The number of halogens is 1. The zero-order chi connectivity index (χ0) is 15.4. The molecule has 2 saturated heterocycles. The lowest BCUT2D eigenvalue weighted by atomic mass is 10.1. The van der Waals surface area contributed by atoms with Crippen LogP contribution in [0.3, 0.4) is 0 Å². The fraction of sp³-hybridized carbons (Fsp3) is 0.692. The molecule has 7 nitrogen and oxygen atoms in total. The second-order valence-corrected chi connectivity index (χ2v) is 6.09. The molecule has 0 aromatic carbocycles. The molecule has 0 saturated carbocycles. The minimum atomic E-state index is -0.736. The number of hydrogen-bond donors (Lipinski definition) is 1. The molecule has 0 amide bonds. The molecule has 0 bridgehead atoms. The van der Waals surface area contributed by atoms with Gasteiger partial charge >= 0.3 is 5.69 Å². The first-order valence-corrected chi connectivity index (χ1v) is 7.22. The van der Waals surface area contributed by atoms with Gasteiger partial charge in [0.25, 0.3) is 5.56 Å². The molecule has 0 aliphatic carbocycles. The first-order valence-electron chi connectivity index (χ1n) is 6.84. The molecule has 21 heavy (non-hydrogen) atoms. The fourth-order valence-corrected chi connectivity index (χ4v) is 3.01. The lowest BCUT2D eigenvalue weighted by Crippen LogP contribution is -2.37. The van der Waals surface area contributed by atoms with Gasteiger partial charge in [-0.25, -0.2) is 4.79 Å². The number of rotatable bonds is 2. The summed E-state index contributed by atoms with van der Waals surface area (Å²) in [7, 11) is 0. The minimum Gasteiger partial charge on any atom is -0.349 e. The molecule has 3 heterocycles. The van der Waals surface area contributed by atoms with E-state index in [1.807, 2.05) is 20.8 Å². The van der Waals surface area contributed by atoms with E-state index in [1.54, 1.807) is 0 Å². The van der Waals surface area contributed by atoms with Gasteiger partial charge in [-0.1, -0.05) is 18.5 Å². The van der Waals surface area contributed by atoms with E-state index in [0.29, 0.717) is 0 Å². The number of fused-ring (bicyclic) bond motifs is 1. The van der Waals surface area contributed by atoms with Crippen molar-refractivity contribution >= 4 is 11.6 Å². The summed E-state index contributed by atoms with van der Waals surface area (Å²) in [6.45, 7) is 5.61. The normalized spacial score (nSPS) is 34.1. The van der Waals surface area contributed by atoms with Gasteiger partial charge in [0.15, 0.2) is 12.0 Å². The maximum atomic E-state index is 12.0. The number of nitrogens with zero attached hydrogens (tertiary/aromatic N) is 1. The lowest BCUT2D eigenvalue weighted by molar-refractivity contribution is -0.197. The van der Waals surface area contributed by atoms with E-state index in [1.165, 1.54) is 10.8 Å². The molecule has 2 aliphatic heterocycles. The predicted molar refractivity (Wildman–Crippen MR) is 74.4 cm³/mol. The van der Waals surface area contributed by atoms with Crippen LogP contribution in [0.2, 0.25) is 5.02 Å². The van der Waals surface area contributed by atoms with Gasteiger partial charge in [0.2, 0.25) is 0 Å². The van der Waals surface area contributed by atoms with Gasteiger partial charge in [-0.05, 0) is 20.3 Å². The average Bonchev–Trinajstić information content (AvgIpc) is 2.87. The highest BCUT2D eigenvalue weighted by Crippen LogP contribution is 2.43. The summed E-state index contributed by atoms with van der Waals surface area (Å²) >= 11 is 5.80. The Morgan fingerprint density at radius 3 is 2.67 bits per heavy atom. The zero-order valence-corrected chi connectivity index (χ0v) is 12.7. The summed E-state index contributed by atoms with van der Waals surface area (Å²) < 4.78 is 18.8. The maximum absolute atomic E-state index is 12.0. The van der Waals surface area contributed by atoms with Crippen molar-refractivity contribution in [1.29, 1.82) is 0 Å². The fourth-order valence-electron chi connectivity index (χ4n) is 2.86. The SMILES string of the molecule is CC[C@H]1O[C@@H](n2cc(Cl)c(=O)[nH]c2=O)[C@@H]2OC(C)(C)O[C@@H]21. The van der Waals surface area contributed by atoms with Crippen LogP contribution >= 0.6 is 11.6 Å². The second-order valence-electron chi connectivity index (χ2n) is 5.68. The van der Waals surface area contributed by atoms with Crippen molar-refractivity contribution in [1.82, 2.24) is 9.55 Å². The number of aromatic nitrogens is 2. The highest BCUT2D eigenvalue weighted by molar-refractivity contribution is 6.30. The number of ether oxygens (including phenoxy) is 3. The van der Waals surface area contributed by atoms with Crippen LogP contribution in [-0.4, -0.2) is 33.7 Å². The van der Waals surface area contributed by atoms with Gasteiger partial charge in [0.05, 0.1) is 6.10 Å². The summed E-state index contributed by atoms with van der Waals surface area (Å²) in [4.78, 5) is 25.5. The largest absolute Gasteiger partial charge is 0.349 e. The first-order chi connectivity index (χ1) is 9.82. The van der Waals surface area contributed by atoms with Crippen LogP contribution in [0.5, 0.6) is 0 Å². The van der Waals surface area contributed by atoms with Crippen LogP contribution in [-0.2, 0) is 14.2 Å². The van der Waals surface area contributed by atoms with Crippen LogP contribution in [0, 0.1) is 0 Å². The lowest BCUT2D eigenvalue weighted by Gasteiger charge is -2.24. The molecule has 3 rings (SSSR count). The van der Waals surface area contributed by atoms with Gasteiger partial charge in [0, 0.05) is 6.20 Å². The third kappa shape index (κ3) is 2.44. The monoisotopic (exact) mass is 316 g/mol. The Hall–Kier alpha value is -1.15. The van der Waals surface area contributed by atoms with Crippen LogP contribution < -0.4 is 11.2 Å². The quantitative estimate of drug-likeness (QED) is 0.880. The topological polar surface area (TPSA) is 82.6 Å². The van der Waals surface area contributed by atoms with Crippen molar-refractivity contribution < 1.29 is 14.2 Å². The smallest absolute Gasteiger partial charge is 0.330 e. The Balaban J connectivity index is 2.01. The molecule has 1 N–H and O–H groups in total. The van der Waals surface area contributed by atoms with E-state index in [9.17, 15) is 9.59 Å². The van der Waals surface area contributed by atoms with E-state index in [2.05, 4.69) is 4.98 Å². The number of aromatic amines is 1. The Kier molecular flexibility index (Phi) is 3.48. The van der Waals surface area contributed by atoms with Crippen LogP contribution in [0.1, 0.15) is 33.4 Å². The highest BCUT2D eigenvalue weighted by atomic mass is 35.5. The molecule has 4 atom stereocenters. The van der Waals surface area contributed by atoms with Crippen molar-refractivity contribution in [3.63, 3.8) is 0 Å². The highest BCUT2D eigenvalue weighted by Gasteiger charge is 2.55. The summed E-state index contributed by atoms with van der Waals surface area (Å²) in [5, 5.41) is -0.0760. The molecule has 116 valence electrons. The average molecular weight is 317 g/mol. The molecule has 2 fully saturated rings. The number of H-pyrrole nitrogens is 1. The Bertz CT molecular complexity index is 667.